The molecule has 2 atom stereocenters. The second-order valence-electron chi connectivity index (χ2n) is 5.45. The third kappa shape index (κ3) is 3.08. The fraction of sp³-hybridized carbons (Fsp3) is 0.600. The SMILES string of the molecule is CCC(C)CC(C)(N)c1cc(C)ccc1C. The molecular weight excluding hydrogens is 194 g/mol. The number of hydrogen-bond donors (Lipinski definition) is 1. The topological polar surface area (TPSA) is 26.0 Å². The van der Waals surface area contributed by atoms with Crippen molar-refractivity contribution in [1.29, 1.82) is 0 Å². The van der Waals surface area contributed by atoms with Crippen LogP contribution >= 0.6 is 0 Å². The Labute approximate surface area is 100 Å². The maximum Gasteiger partial charge on any atom is 0.0386 e. The Morgan fingerprint density at radius 3 is 2.50 bits per heavy atom. The molecule has 0 heterocycles. The fourth-order valence-corrected chi connectivity index (χ4v) is 2.33. The van der Waals surface area contributed by atoms with Crippen molar-refractivity contribution in [1.82, 2.24) is 0 Å². The predicted molar refractivity (Wildman–Crippen MR) is 71.5 cm³/mol. The number of aryl methyl sites for hydroxylation is 2. The summed E-state index contributed by atoms with van der Waals surface area (Å²) in [6.07, 6.45) is 2.24. The zero-order valence-electron chi connectivity index (χ0n) is 11.3. The number of nitrogens with two attached hydrogens (primary N) is 1. The highest BCUT2D eigenvalue weighted by Crippen LogP contribution is 2.29. The molecule has 1 rings (SSSR count). The van der Waals surface area contributed by atoms with Crippen molar-refractivity contribution in [3.8, 4) is 0 Å². The van der Waals surface area contributed by atoms with E-state index in [0.717, 1.165) is 6.42 Å². The molecule has 90 valence electrons. The molecule has 1 nitrogen and oxygen atoms in total. The molecule has 1 aromatic rings. The molecule has 0 aliphatic rings. The van der Waals surface area contributed by atoms with Crippen molar-refractivity contribution < 1.29 is 0 Å². The lowest BCUT2D eigenvalue weighted by Crippen LogP contribution is -2.35. The Kier molecular flexibility index (Phi) is 4.15. The monoisotopic (exact) mass is 219 g/mol. The van der Waals surface area contributed by atoms with E-state index >= 15 is 0 Å². The molecule has 0 saturated heterocycles. The Morgan fingerprint density at radius 2 is 1.94 bits per heavy atom. The van der Waals surface area contributed by atoms with Gasteiger partial charge in [-0.3, -0.25) is 0 Å². The molecule has 0 fully saturated rings. The molecule has 0 spiro atoms. The van der Waals surface area contributed by atoms with Crippen LogP contribution in [-0.4, -0.2) is 0 Å². The second kappa shape index (κ2) is 5.01. The minimum atomic E-state index is -0.203. The van der Waals surface area contributed by atoms with Crippen LogP contribution in [0.2, 0.25) is 0 Å². The van der Waals surface area contributed by atoms with Gasteiger partial charge in [0, 0.05) is 5.54 Å². The van der Waals surface area contributed by atoms with Gasteiger partial charge in [0.15, 0.2) is 0 Å². The van der Waals surface area contributed by atoms with Gasteiger partial charge < -0.3 is 5.73 Å². The smallest absolute Gasteiger partial charge is 0.0386 e. The van der Waals surface area contributed by atoms with E-state index in [2.05, 4.69) is 52.8 Å². The number of hydrogen-bond acceptors (Lipinski definition) is 1. The van der Waals surface area contributed by atoms with Crippen molar-refractivity contribution in [2.45, 2.75) is 53.0 Å². The summed E-state index contributed by atoms with van der Waals surface area (Å²) in [6.45, 7) is 10.9. The van der Waals surface area contributed by atoms with Gasteiger partial charge in [-0.25, -0.2) is 0 Å². The zero-order chi connectivity index (χ0) is 12.3. The van der Waals surface area contributed by atoms with Crippen molar-refractivity contribution in [3.63, 3.8) is 0 Å². The van der Waals surface area contributed by atoms with Gasteiger partial charge in [0.25, 0.3) is 0 Å². The minimum absolute atomic E-state index is 0.203. The van der Waals surface area contributed by atoms with E-state index in [0.29, 0.717) is 5.92 Å². The average molecular weight is 219 g/mol. The summed E-state index contributed by atoms with van der Waals surface area (Å²) in [4.78, 5) is 0. The van der Waals surface area contributed by atoms with Gasteiger partial charge >= 0.3 is 0 Å². The molecule has 0 aliphatic heterocycles. The summed E-state index contributed by atoms with van der Waals surface area (Å²) in [5.74, 6) is 0.676. The van der Waals surface area contributed by atoms with Gasteiger partial charge in [-0.2, -0.15) is 0 Å². The standard InChI is InChI=1S/C15H25N/c1-6-11(2)10-15(5,16)14-9-12(3)7-8-13(14)4/h7-9,11H,6,10,16H2,1-5H3. The van der Waals surface area contributed by atoms with Crippen LogP contribution in [0.4, 0.5) is 0 Å². The first kappa shape index (κ1) is 13.2. The van der Waals surface area contributed by atoms with Gasteiger partial charge in [0.1, 0.15) is 0 Å². The van der Waals surface area contributed by atoms with E-state index in [1.54, 1.807) is 0 Å². The molecule has 1 aromatic carbocycles. The molecule has 0 bridgehead atoms. The molecule has 16 heavy (non-hydrogen) atoms. The molecule has 0 aliphatic carbocycles. The highest BCUT2D eigenvalue weighted by molar-refractivity contribution is 5.35. The highest BCUT2D eigenvalue weighted by atomic mass is 14.7. The summed E-state index contributed by atoms with van der Waals surface area (Å²) in [7, 11) is 0. The minimum Gasteiger partial charge on any atom is -0.322 e. The van der Waals surface area contributed by atoms with Crippen molar-refractivity contribution in [2.24, 2.45) is 11.7 Å². The zero-order valence-corrected chi connectivity index (χ0v) is 11.3. The molecule has 0 radical (unpaired) electrons. The van der Waals surface area contributed by atoms with Crippen LogP contribution in [0, 0.1) is 19.8 Å². The fourth-order valence-electron chi connectivity index (χ4n) is 2.33. The first-order valence-corrected chi connectivity index (χ1v) is 6.23. The summed E-state index contributed by atoms with van der Waals surface area (Å²) in [6, 6.07) is 6.56. The van der Waals surface area contributed by atoms with Crippen molar-refractivity contribution in [2.75, 3.05) is 0 Å². The Morgan fingerprint density at radius 1 is 1.31 bits per heavy atom. The quantitative estimate of drug-likeness (QED) is 0.816. The lowest BCUT2D eigenvalue weighted by atomic mass is 9.81. The summed E-state index contributed by atoms with van der Waals surface area (Å²) in [5.41, 5.74) is 10.2. The van der Waals surface area contributed by atoms with E-state index in [1.807, 2.05) is 0 Å². The van der Waals surface area contributed by atoms with Crippen LogP contribution < -0.4 is 5.73 Å². The molecule has 0 aromatic heterocycles. The van der Waals surface area contributed by atoms with Crippen molar-refractivity contribution in [3.05, 3.63) is 34.9 Å². The van der Waals surface area contributed by atoms with Gasteiger partial charge in [0.2, 0.25) is 0 Å². The van der Waals surface area contributed by atoms with Gasteiger partial charge in [-0.1, -0.05) is 44.0 Å². The summed E-state index contributed by atoms with van der Waals surface area (Å²) in [5, 5.41) is 0. The first-order chi connectivity index (χ1) is 7.36. The lowest BCUT2D eigenvalue weighted by Gasteiger charge is -2.30. The van der Waals surface area contributed by atoms with E-state index < -0.39 is 0 Å². The third-order valence-electron chi connectivity index (χ3n) is 3.48. The van der Waals surface area contributed by atoms with Crippen LogP contribution in [0.3, 0.4) is 0 Å². The predicted octanol–water partition coefficient (Wildman–Crippen LogP) is 3.91. The number of rotatable bonds is 4. The number of benzene rings is 1. The third-order valence-corrected chi connectivity index (χ3v) is 3.48. The Hall–Kier alpha value is -0.820. The molecule has 2 N–H and O–H groups in total. The summed E-state index contributed by atoms with van der Waals surface area (Å²) >= 11 is 0. The van der Waals surface area contributed by atoms with Gasteiger partial charge in [-0.05, 0) is 44.2 Å². The average Bonchev–Trinajstić information content (AvgIpc) is 2.20. The van der Waals surface area contributed by atoms with Crippen LogP contribution in [0.15, 0.2) is 18.2 Å². The van der Waals surface area contributed by atoms with Crippen LogP contribution in [0.25, 0.3) is 0 Å². The second-order valence-corrected chi connectivity index (χ2v) is 5.45. The lowest BCUT2D eigenvalue weighted by molar-refractivity contribution is 0.355. The first-order valence-electron chi connectivity index (χ1n) is 6.23. The van der Waals surface area contributed by atoms with Crippen molar-refractivity contribution >= 4 is 0 Å². The molecular formula is C15H25N. The maximum atomic E-state index is 6.48. The van der Waals surface area contributed by atoms with E-state index in [4.69, 9.17) is 5.73 Å². The van der Waals surface area contributed by atoms with Gasteiger partial charge in [0.05, 0.1) is 0 Å². The van der Waals surface area contributed by atoms with Crippen LogP contribution in [0.1, 0.15) is 50.3 Å². The largest absolute Gasteiger partial charge is 0.322 e. The van der Waals surface area contributed by atoms with Crippen LogP contribution in [-0.2, 0) is 5.54 Å². The Balaban J connectivity index is 3.01. The van der Waals surface area contributed by atoms with E-state index in [-0.39, 0.29) is 5.54 Å². The van der Waals surface area contributed by atoms with Gasteiger partial charge in [-0.15, -0.1) is 0 Å². The van der Waals surface area contributed by atoms with E-state index in [1.165, 1.54) is 23.1 Å². The maximum absolute atomic E-state index is 6.48. The van der Waals surface area contributed by atoms with Crippen LogP contribution in [0.5, 0.6) is 0 Å². The van der Waals surface area contributed by atoms with E-state index in [9.17, 15) is 0 Å². The molecule has 0 amide bonds. The molecule has 1 heteroatoms. The summed E-state index contributed by atoms with van der Waals surface area (Å²) < 4.78 is 0. The normalized spacial score (nSPS) is 16.9. The molecule has 2 unspecified atom stereocenters. The Bertz CT molecular complexity index is 352. The highest BCUT2D eigenvalue weighted by Gasteiger charge is 2.24. The molecule has 0 saturated carbocycles.